The molecule has 1 heterocycles. The zero-order valence-corrected chi connectivity index (χ0v) is 10.5. The van der Waals surface area contributed by atoms with Gasteiger partial charge in [-0.1, -0.05) is 6.92 Å². The number of hydrogen-bond donors (Lipinski definition) is 2. The molecule has 1 aliphatic rings. The van der Waals surface area contributed by atoms with Gasteiger partial charge in [0.2, 0.25) is 5.91 Å². The molecule has 1 aromatic rings. The first-order valence-corrected chi connectivity index (χ1v) is 6.04. The number of carboxylic acids is 1. The van der Waals surface area contributed by atoms with Crippen LogP contribution in [0.25, 0.3) is 0 Å². The Morgan fingerprint density at radius 1 is 1.56 bits per heavy atom. The number of hydrogen-bond acceptors (Lipinski definition) is 3. The highest BCUT2D eigenvalue weighted by Gasteiger charge is 2.48. The minimum absolute atomic E-state index is 0.173. The Morgan fingerprint density at radius 2 is 2.28 bits per heavy atom. The standard InChI is InChI=1S/C12H17N3O3/c1-3-10-7(6-15(2)14-10)5-13-11(16)8-4-9(8)12(17)18/h6,8-9H,3-5H2,1-2H3,(H,13,16)(H,17,18). The summed E-state index contributed by atoms with van der Waals surface area (Å²) in [6.07, 6.45) is 3.14. The third-order valence-corrected chi connectivity index (χ3v) is 3.22. The molecule has 6 heteroatoms. The van der Waals surface area contributed by atoms with E-state index in [1.807, 2.05) is 20.2 Å². The number of carboxylic acid groups (broad SMARTS) is 1. The van der Waals surface area contributed by atoms with Crippen LogP contribution >= 0.6 is 0 Å². The quantitative estimate of drug-likeness (QED) is 0.789. The molecule has 1 aromatic heterocycles. The van der Waals surface area contributed by atoms with E-state index in [2.05, 4.69) is 10.4 Å². The van der Waals surface area contributed by atoms with Crippen LogP contribution in [-0.2, 0) is 29.6 Å². The Morgan fingerprint density at radius 3 is 2.83 bits per heavy atom. The Kier molecular flexibility index (Phi) is 3.36. The van der Waals surface area contributed by atoms with Crippen molar-refractivity contribution in [2.45, 2.75) is 26.3 Å². The fourth-order valence-electron chi connectivity index (χ4n) is 2.10. The van der Waals surface area contributed by atoms with E-state index in [1.54, 1.807) is 4.68 Å². The molecule has 0 bridgehead atoms. The fourth-order valence-corrected chi connectivity index (χ4v) is 2.10. The summed E-state index contributed by atoms with van der Waals surface area (Å²) in [7, 11) is 1.84. The van der Waals surface area contributed by atoms with Gasteiger partial charge in [0.25, 0.3) is 0 Å². The Bertz CT molecular complexity index is 481. The summed E-state index contributed by atoms with van der Waals surface area (Å²) >= 11 is 0. The lowest BCUT2D eigenvalue weighted by Crippen LogP contribution is -2.26. The average Bonchev–Trinajstić information content (AvgIpc) is 3.04. The van der Waals surface area contributed by atoms with Crippen molar-refractivity contribution in [3.05, 3.63) is 17.5 Å². The van der Waals surface area contributed by atoms with Crippen LogP contribution in [0.4, 0.5) is 0 Å². The normalized spacial score (nSPS) is 21.7. The van der Waals surface area contributed by atoms with Gasteiger partial charge in [-0.25, -0.2) is 0 Å². The number of amides is 1. The number of carbonyl (C=O) groups is 2. The van der Waals surface area contributed by atoms with Crippen LogP contribution in [0, 0.1) is 11.8 Å². The van der Waals surface area contributed by atoms with E-state index in [9.17, 15) is 9.59 Å². The SMILES string of the molecule is CCc1nn(C)cc1CNC(=O)C1CC1C(=O)O. The van der Waals surface area contributed by atoms with Crippen molar-refractivity contribution in [2.75, 3.05) is 0 Å². The molecule has 2 unspecified atom stereocenters. The highest BCUT2D eigenvalue weighted by Crippen LogP contribution is 2.38. The van der Waals surface area contributed by atoms with Gasteiger partial charge in [-0.15, -0.1) is 0 Å². The average molecular weight is 251 g/mol. The number of aliphatic carboxylic acids is 1. The van der Waals surface area contributed by atoms with Gasteiger partial charge in [0, 0.05) is 25.4 Å². The molecule has 1 fully saturated rings. The molecule has 2 rings (SSSR count). The minimum Gasteiger partial charge on any atom is -0.481 e. The monoisotopic (exact) mass is 251 g/mol. The molecule has 2 N–H and O–H groups in total. The molecule has 1 aliphatic carbocycles. The first-order chi connectivity index (χ1) is 8.52. The summed E-state index contributed by atoms with van der Waals surface area (Å²) in [5, 5.41) is 15.8. The lowest BCUT2D eigenvalue weighted by Gasteiger charge is -2.03. The summed E-state index contributed by atoms with van der Waals surface area (Å²) in [6, 6.07) is 0. The van der Waals surface area contributed by atoms with Crippen molar-refractivity contribution in [2.24, 2.45) is 18.9 Å². The summed E-state index contributed by atoms with van der Waals surface area (Å²) < 4.78 is 1.72. The number of nitrogens with one attached hydrogen (secondary N) is 1. The highest BCUT2D eigenvalue weighted by molar-refractivity contribution is 5.89. The molecule has 6 nitrogen and oxygen atoms in total. The van der Waals surface area contributed by atoms with Crippen molar-refractivity contribution < 1.29 is 14.7 Å². The van der Waals surface area contributed by atoms with Crippen LogP contribution in [0.5, 0.6) is 0 Å². The topological polar surface area (TPSA) is 84.2 Å². The van der Waals surface area contributed by atoms with Crippen LogP contribution in [0.2, 0.25) is 0 Å². The van der Waals surface area contributed by atoms with Gasteiger partial charge in [0.1, 0.15) is 0 Å². The molecular weight excluding hydrogens is 234 g/mol. The number of nitrogens with zero attached hydrogens (tertiary/aromatic N) is 2. The Hall–Kier alpha value is -1.85. The van der Waals surface area contributed by atoms with E-state index < -0.39 is 11.9 Å². The smallest absolute Gasteiger partial charge is 0.307 e. The number of aromatic nitrogens is 2. The van der Waals surface area contributed by atoms with Gasteiger partial charge in [0.15, 0.2) is 0 Å². The predicted octanol–water partition coefficient (Wildman–Crippen LogP) is 0.319. The van der Waals surface area contributed by atoms with E-state index >= 15 is 0 Å². The third-order valence-electron chi connectivity index (χ3n) is 3.22. The van der Waals surface area contributed by atoms with Gasteiger partial charge in [-0.2, -0.15) is 5.10 Å². The molecule has 2 atom stereocenters. The molecular formula is C12H17N3O3. The van der Waals surface area contributed by atoms with Gasteiger partial charge < -0.3 is 10.4 Å². The van der Waals surface area contributed by atoms with E-state index in [0.717, 1.165) is 17.7 Å². The van der Waals surface area contributed by atoms with Crippen LogP contribution in [0.1, 0.15) is 24.6 Å². The highest BCUT2D eigenvalue weighted by atomic mass is 16.4. The van der Waals surface area contributed by atoms with Crippen LogP contribution in [0.3, 0.4) is 0 Å². The fraction of sp³-hybridized carbons (Fsp3) is 0.583. The summed E-state index contributed by atoms with van der Waals surface area (Å²) in [5.41, 5.74) is 1.95. The van der Waals surface area contributed by atoms with Crippen molar-refractivity contribution in [3.63, 3.8) is 0 Å². The van der Waals surface area contributed by atoms with E-state index in [0.29, 0.717) is 13.0 Å². The van der Waals surface area contributed by atoms with Crippen LogP contribution < -0.4 is 5.32 Å². The van der Waals surface area contributed by atoms with E-state index in [4.69, 9.17) is 5.11 Å². The van der Waals surface area contributed by atoms with Crippen molar-refractivity contribution in [3.8, 4) is 0 Å². The largest absolute Gasteiger partial charge is 0.481 e. The molecule has 1 saturated carbocycles. The van der Waals surface area contributed by atoms with Crippen molar-refractivity contribution in [1.29, 1.82) is 0 Å². The predicted molar refractivity (Wildman–Crippen MR) is 63.7 cm³/mol. The van der Waals surface area contributed by atoms with Crippen LogP contribution in [-0.4, -0.2) is 26.8 Å². The Labute approximate surface area is 105 Å². The number of aryl methyl sites for hydroxylation is 2. The maximum absolute atomic E-state index is 11.7. The number of carbonyl (C=O) groups excluding carboxylic acids is 1. The molecule has 0 aliphatic heterocycles. The molecule has 1 amide bonds. The Balaban J connectivity index is 1.88. The van der Waals surface area contributed by atoms with Crippen molar-refractivity contribution >= 4 is 11.9 Å². The third kappa shape index (κ3) is 2.52. The second kappa shape index (κ2) is 4.80. The number of rotatable bonds is 5. The first kappa shape index (κ1) is 12.6. The second-order valence-electron chi connectivity index (χ2n) is 4.63. The molecule has 98 valence electrons. The lowest BCUT2D eigenvalue weighted by atomic mass is 10.2. The molecule has 0 aromatic carbocycles. The lowest BCUT2D eigenvalue weighted by molar-refractivity contribution is -0.140. The van der Waals surface area contributed by atoms with E-state index in [1.165, 1.54) is 0 Å². The van der Waals surface area contributed by atoms with Gasteiger partial charge in [-0.3, -0.25) is 14.3 Å². The van der Waals surface area contributed by atoms with E-state index in [-0.39, 0.29) is 11.8 Å². The summed E-state index contributed by atoms with van der Waals surface area (Å²) in [5.74, 6) is -1.91. The molecule has 0 saturated heterocycles. The molecule has 18 heavy (non-hydrogen) atoms. The van der Waals surface area contributed by atoms with Crippen molar-refractivity contribution in [1.82, 2.24) is 15.1 Å². The van der Waals surface area contributed by atoms with Crippen LogP contribution in [0.15, 0.2) is 6.20 Å². The second-order valence-corrected chi connectivity index (χ2v) is 4.63. The maximum atomic E-state index is 11.7. The van der Waals surface area contributed by atoms with Gasteiger partial charge >= 0.3 is 5.97 Å². The molecule has 0 spiro atoms. The zero-order valence-electron chi connectivity index (χ0n) is 10.5. The summed E-state index contributed by atoms with van der Waals surface area (Å²) in [4.78, 5) is 22.4. The molecule has 0 radical (unpaired) electrons. The minimum atomic E-state index is -0.884. The summed E-state index contributed by atoms with van der Waals surface area (Å²) in [6.45, 7) is 2.42. The zero-order chi connectivity index (χ0) is 13.3. The van der Waals surface area contributed by atoms with Gasteiger partial charge in [-0.05, 0) is 12.8 Å². The maximum Gasteiger partial charge on any atom is 0.307 e. The first-order valence-electron chi connectivity index (χ1n) is 6.04. The van der Waals surface area contributed by atoms with Gasteiger partial charge in [0.05, 0.1) is 17.5 Å².